The predicted molar refractivity (Wildman–Crippen MR) is 88.5 cm³/mol. The zero-order valence-electron chi connectivity index (χ0n) is 12.7. The molecule has 4 heteroatoms. The van der Waals surface area contributed by atoms with Gasteiger partial charge in [0.2, 0.25) is 0 Å². The third kappa shape index (κ3) is 2.48. The summed E-state index contributed by atoms with van der Waals surface area (Å²) in [6.45, 7) is 3.49. The van der Waals surface area contributed by atoms with Crippen molar-refractivity contribution in [2.75, 3.05) is 25.1 Å². The summed E-state index contributed by atoms with van der Waals surface area (Å²) in [5.74, 6) is 0.598. The van der Waals surface area contributed by atoms with Crippen LogP contribution in [0.15, 0.2) is 53.5 Å². The fourth-order valence-electron chi connectivity index (χ4n) is 2.79. The average Bonchev–Trinajstić information content (AvgIpc) is 3.00. The van der Waals surface area contributed by atoms with Crippen LogP contribution < -0.4 is 4.90 Å². The molecule has 0 aromatic heterocycles. The van der Waals surface area contributed by atoms with Crippen molar-refractivity contribution in [3.63, 3.8) is 0 Å². The van der Waals surface area contributed by atoms with Gasteiger partial charge in [-0.25, -0.2) is 4.79 Å². The molecule has 0 atom stereocenters. The van der Waals surface area contributed by atoms with Crippen LogP contribution in [-0.4, -0.2) is 32.0 Å². The highest BCUT2D eigenvalue weighted by atomic mass is 16.5. The molecule has 0 N–H and O–H groups in total. The van der Waals surface area contributed by atoms with Gasteiger partial charge in [-0.05, 0) is 18.6 Å². The molecular weight excluding hydrogens is 276 g/mol. The Balaban J connectivity index is 2.22. The lowest BCUT2D eigenvalue weighted by Crippen LogP contribution is -2.27. The van der Waals surface area contributed by atoms with E-state index in [0.29, 0.717) is 5.56 Å². The molecule has 1 aliphatic rings. The van der Waals surface area contributed by atoms with Crippen LogP contribution in [0.3, 0.4) is 0 Å². The number of carbonyl (C=O) groups excluding carboxylic acids is 1. The Morgan fingerprint density at radius 1 is 1.14 bits per heavy atom. The van der Waals surface area contributed by atoms with E-state index < -0.39 is 0 Å². The first-order valence-corrected chi connectivity index (χ1v) is 7.27. The molecular formula is C18H18N2O2. The Morgan fingerprint density at radius 3 is 2.55 bits per heavy atom. The van der Waals surface area contributed by atoms with Gasteiger partial charge in [0.25, 0.3) is 0 Å². The van der Waals surface area contributed by atoms with E-state index in [-0.39, 0.29) is 5.97 Å². The molecule has 2 aromatic rings. The molecule has 0 bridgehead atoms. The van der Waals surface area contributed by atoms with E-state index in [1.54, 1.807) is 6.07 Å². The number of amidine groups is 1. The lowest BCUT2D eigenvalue weighted by atomic mass is 9.99. The average molecular weight is 294 g/mol. The van der Waals surface area contributed by atoms with Crippen molar-refractivity contribution in [3.05, 3.63) is 54.1 Å². The summed E-state index contributed by atoms with van der Waals surface area (Å²) in [4.78, 5) is 18.7. The van der Waals surface area contributed by atoms with Crippen LogP contribution in [0.1, 0.15) is 17.3 Å². The van der Waals surface area contributed by atoms with Crippen LogP contribution in [0.4, 0.5) is 5.69 Å². The van der Waals surface area contributed by atoms with Gasteiger partial charge < -0.3 is 9.64 Å². The van der Waals surface area contributed by atoms with Crippen molar-refractivity contribution in [2.45, 2.75) is 6.92 Å². The highest BCUT2D eigenvalue weighted by molar-refractivity contribution is 6.08. The molecule has 0 saturated carbocycles. The maximum Gasteiger partial charge on any atom is 0.340 e. The largest absolute Gasteiger partial charge is 0.465 e. The predicted octanol–water partition coefficient (Wildman–Crippen LogP) is 3.38. The van der Waals surface area contributed by atoms with Crippen molar-refractivity contribution in [3.8, 4) is 11.1 Å². The lowest BCUT2D eigenvalue weighted by Gasteiger charge is -2.24. The highest BCUT2D eigenvalue weighted by Gasteiger charge is 2.25. The number of hydrogen-bond donors (Lipinski definition) is 0. The van der Waals surface area contributed by atoms with Gasteiger partial charge in [-0.15, -0.1) is 0 Å². The minimum absolute atomic E-state index is 0.326. The maximum atomic E-state index is 12.2. The summed E-state index contributed by atoms with van der Waals surface area (Å²) < 4.78 is 4.96. The molecule has 0 aliphatic carbocycles. The van der Waals surface area contributed by atoms with Gasteiger partial charge in [0.1, 0.15) is 5.84 Å². The number of para-hydroxylation sites is 1. The van der Waals surface area contributed by atoms with Crippen LogP contribution >= 0.6 is 0 Å². The van der Waals surface area contributed by atoms with E-state index in [1.807, 2.05) is 49.4 Å². The van der Waals surface area contributed by atoms with Crippen molar-refractivity contribution in [2.24, 2.45) is 4.99 Å². The van der Waals surface area contributed by atoms with Crippen molar-refractivity contribution in [1.82, 2.24) is 0 Å². The number of ether oxygens (including phenoxy) is 1. The van der Waals surface area contributed by atoms with Crippen molar-refractivity contribution in [1.29, 1.82) is 0 Å². The topological polar surface area (TPSA) is 41.9 Å². The zero-order valence-corrected chi connectivity index (χ0v) is 12.7. The van der Waals surface area contributed by atoms with Gasteiger partial charge in [-0.2, -0.15) is 0 Å². The molecule has 22 heavy (non-hydrogen) atoms. The number of benzene rings is 2. The Labute approximate surface area is 130 Å². The lowest BCUT2D eigenvalue weighted by molar-refractivity contribution is 0.0601. The Hall–Kier alpha value is -2.62. The van der Waals surface area contributed by atoms with E-state index in [9.17, 15) is 4.79 Å². The minimum atomic E-state index is -0.326. The number of hydrogen-bond acceptors (Lipinski definition) is 4. The number of anilines is 1. The second-order valence-corrected chi connectivity index (χ2v) is 5.14. The van der Waals surface area contributed by atoms with Crippen molar-refractivity contribution >= 4 is 17.5 Å². The number of rotatable bonds is 3. The number of carbonyl (C=O) groups is 1. The fraction of sp³-hybridized carbons (Fsp3) is 0.222. The maximum absolute atomic E-state index is 12.2. The molecule has 1 heterocycles. The van der Waals surface area contributed by atoms with E-state index in [2.05, 4.69) is 9.89 Å². The summed E-state index contributed by atoms with van der Waals surface area (Å²) in [6, 6.07) is 15.8. The molecule has 0 radical (unpaired) electrons. The van der Waals surface area contributed by atoms with Gasteiger partial charge in [-0.3, -0.25) is 4.99 Å². The van der Waals surface area contributed by atoms with Crippen LogP contribution in [0, 0.1) is 0 Å². The Morgan fingerprint density at radius 2 is 1.91 bits per heavy atom. The van der Waals surface area contributed by atoms with Gasteiger partial charge in [0.15, 0.2) is 0 Å². The monoisotopic (exact) mass is 294 g/mol. The Bertz CT molecular complexity index is 723. The number of nitrogens with zero attached hydrogens (tertiary/aromatic N) is 2. The third-order valence-corrected chi connectivity index (χ3v) is 3.85. The second kappa shape index (κ2) is 6.02. The SMILES string of the molecule is COC(=O)c1cccc(-c2ccccc2)c1N1CCN=C1C. The molecule has 0 unspecified atom stereocenters. The molecule has 0 amide bonds. The first-order valence-electron chi connectivity index (χ1n) is 7.27. The molecule has 0 spiro atoms. The van der Waals surface area contributed by atoms with E-state index >= 15 is 0 Å². The normalized spacial score (nSPS) is 13.9. The summed E-state index contributed by atoms with van der Waals surface area (Å²) in [5, 5.41) is 0. The molecule has 2 aromatic carbocycles. The molecule has 0 saturated heterocycles. The first kappa shape index (κ1) is 14.3. The van der Waals surface area contributed by atoms with Gasteiger partial charge in [0.05, 0.1) is 24.9 Å². The fourth-order valence-corrected chi connectivity index (χ4v) is 2.79. The summed E-state index contributed by atoms with van der Waals surface area (Å²) >= 11 is 0. The minimum Gasteiger partial charge on any atom is -0.465 e. The Kier molecular flexibility index (Phi) is 3.92. The van der Waals surface area contributed by atoms with E-state index in [1.165, 1.54) is 7.11 Å². The molecule has 0 fully saturated rings. The quantitative estimate of drug-likeness (QED) is 0.815. The van der Waals surface area contributed by atoms with Crippen LogP contribution in [-0.2, 0) is 4.74 Å². The van der Waals surface area contributed by atoms with Crippen LogP contribution in [0.2, 0.25) is 0 Å². The van der Waals surface area contributed by atoms with Crippen LogP contribution in [0.25, 0.3) is 11.1 Å². The van der Waals surface area contributed by atoms with E-state index in [0.717, 1.165) is 35.7 Å². The highest BCUT2D eigenvalue weighted by Crippen LogP contribution is 2.35. The molecule has 112 valence electrons. The van der Waals surface area contributed by atoms with Gasteiger partial charge in [-0.1, -0.05) is 42.5 Å². The summed E-state index contributed by atoms with van der Waals surface area (Å²) in [5.41, 5.74) is 3.53. The van der Waals surface area contributed by atoms with Gasteiger partial charge in [0, 0.05) is 12.1 Å². The number of aliphatic imine (C=N–C) groups is 1. The first-order chi connectivity index (χ1) is 10.7. The summed E-state index contributed by atoms with van der Waals surface area (Å²) in [7, 11) is 1.41. The van der Waals surface area contributed by atoms with E-state index in [4.69, 9.17) is 4.74 Å². The third-order valence-electron chi connectivity index (χ3n) is 3.85. The van der Waals surface area contributed by atoms with Crippen molar-refractivity contribution < 1.29 is 9.53 Å². The number of methoxy groups -OCH3 is 1. The smallest absolute Gasteiger partial charge is 0.340 e. The number of esters is 1. The van der Waals surface area contributed by atoms with Gasteiger partial charge >= 0.3 is 5.97 Å². The zero-order chi connectivity index (χ0) is 15.5. The second-order valence-electron chi connectivity index (χ2n) is 5.14. The summed E-state index contributed by atoms with van der Waals surface area (Å²) in [6.07, 6.45) is 0. The molecule has 4 nitrogen and oxygen atoms in total. The molecule has 3 rings (SSSR count). The van der Waals surface area contributed by atoms with Crippen LogP contribution in [0.5, 0.6) is 0 Å². The molecule has 1 aliphatic heterocycles. The standard InChI is InChI=1S/C18H18N2O2/c1-13-19-11-12-20(13)17-15(14-7-4-3-5-8-14)9-6-10-16(17)18(21)22-2/h3-10H,11-12H2,1-2H3.